The van der Waals surface area contributed by atoms with E-state index in [0.29, 0.717) is 17.4 Å². The molecule has 2 atom stereocenters. The normalized spacial score (nSPS) is 13.9. The number of ether oxygens (including phenoxy) is 2. The van der Waals surface area contributed by atoms with Crippen LogP contribution in [0.1, 0.15) is 213 Å². The summed E-state index contributed by atoms with van der Waals surface area (Å²) in [7, 11) is 1.64. The first-order chi connectivity index (χ1) is 26.6. The van der Waals surface area contributed by atoms with E-state index in [1.807, 2.05) is 27.2 Å². The van der Waals surface area contributed by atoms with E-state index in [0.717, 1.165) is 44.9 Å². The Labute approximate surface area is 341 Å². The van der Waals surface area contributed by atoms with Gasteiger partial charge >= 0.3 is 13.8 Å². The Hall–Kier alpha value is -1.18. The molecule has 55 heavy (non-hydrogen) atoms. The summed E-state index contributed by atoms with van der Waals surface area (Å²) in [6.07, 6.45) is 45.9. The average Bonchev–Trinajstić information content (AvgIpc) is 3.13. The quantitative estimate of drug-likeness (QED) is 0.0164. The summed E-state index contributed by atoms with van der Waals surface area (Å²) in [5.41, 5.74) is 0. The van der Waals surface area contributed by atoms with Crippen molar-refractivity contribution in [2.24, 2.45) is 0 Å². The van der Waals surface area contributed by atoms with Gasteiger partial charge in [0.1, 0.15) is 19.8 Å². The molecule has 1 N–H and O–H groups in total. The first kappa shape index (κ1) is 53.8. The third kappa shape index (κ3) is 43.8. The number of rotatable bonds is 43. The molecule has 8 nitrogen and oxygen atoms in total. The van der Waals surface area contributed by atoms with E-state index >= 15 is 0 Å². The van der Waals surface area contributed by atoms with Crippen molar-refractivity contribution < 1.29 is 37.3 Å². The molecule has 1 unspecified atom stereocenters. The number of nitrogens with zero attached hydrogens (tertiary/aromatic N) is 1. The highest BCUT2D eigenvalue weighted by Gasteiger charge is 2.26. The van der Waals surface area contributed by atoms with Crippen LogP contribution in [0.2, 0.25) is 0 Å². The lowest BCUT2D eigenvalue weighted by atomic mass is 10.0. The van der Waals surface area contributed by atoms with Crippen molar-refractivity contribution in [3.05, 3.63) is 24.5 Å². The number of carbonyl (C=O) groups is 1. The summed E-state index contributed by atoms with van der Waals surface area (Å²) >= 11 is 0. The zero-order valence-corrected chi connectivity index (χ0v) is 37.8. The van der Waals surface area contributed by atoms with Crippen molar-refractivity contribution >= 4 is 13.8 Å². The highest BCUT2D eigenvalue weighted by molar-refractivity contribution is 7.47. The molecular weight excluding hydrogens is 709 g/mol. The first-order valence-corrected chi connectivity index (χ1v) is 24.6. The van der Waals surface area contributed by atoms with Crippen LogP contribution in [-0.4, -0.2) is 69.0 Å². The summed E-state index contributed by atoms with van der Waals surface area (Å²) in [4.78, 5) is 22.9. The number of phosphoric ester groups is 1. The van der Waals surface area contributed by atoms with Gasteiger partial charge in [0.15, 0.2) is 6.10 Å². The fraction of sp³-hybridized carbons (Fsp3) is 0.891. The minimum Gasteiger partial charge on any atom is -0.498 e. The molecule has 326 valence electrons. The molecule has 0 saturated heterocycles. The topological polar surface area (TPSA) is 91.3 Å². The predicted molar refractivity (Wildman–Crippen MR) is 233 cm³/mol. The fourth-order valence-electron chi connectivity index (χ4n) is 6.45. The van der Waals surface area contributed by atoms with Gasteiger partial charge in [0.25, 0.3) is 0 Å². The van der Waals surface area contributed by atoms with Crippen LogP contribution in [0.3, 0.4) is 0 Å². The van der Waals surface area contributed by atoms with E-state index in [9.17, 15) is 14.3 Å². The molecule has 0 amide bonds. The maximum atomic E-state index is 12.7. The Morgan fingerprint density at radius 2 is 0.964 bits per heavy atom. The lowest BCUT2D eigenvalue weighted by molar-refractivity contribution is -0.870. The van der Waals surface area contributed by atoms with E-state index in [-0.39, 0.29) is 25.8 Å². The van der Waals surface area contributed by atoms with E-state index in [1.54, 1.807) is 6.26 Å². The SMILES string of the molecule is CCCCCCCC/C=C/CCCCCCCC(=O)O[C@H](CO/C=C/CCCCCCCCCCCCCCCCCC)COP(=O)(O)OCC[N+](C)(C)C. The molecule has 0 spiro atoms. The van der Waals surface area contributed by atoms with Crippen LogP contribution in [-0.2, 0) is 27.9 Å². The summed E-state index contributed by atoms with van der Waals surface area (Å²) < 4.78 is 34.8. The average molecular weight is 801 g/mol. The number of likely N-dealkylation sites (N-methyl/N-ethyl adjacent to an activating group) is 1. The molecule has 0 bridgehead atoms. The van der Waals surface area contributed by atoms with Crippen LogP contribution in [0.5, 0.6) is 0 Å². The van der Waals surface area contributed by atoms with Crippen LogP contribution < -0.4 is 0 Å². The van der Waals surface area contributed by atoms with Crippen molar-refractivity contribution in [3.63, 3.8) is 0 Å². The minimum atomic E-state index is -4.29. The number of esters is 1. The van der Waals surface area contributed by atoms with Crippen LogP contribution in [0.15, 0.2) is 24.5 Å². The predicted octanol–water partition coefficient (Wildman–Crippen LogP) is 14.0. The molecule has 0 saturated carbocycles. The Kier molecular flexibility index (Phi) is 38.8. The van der Waals surface area contributed by atoms with E-state index in [1.165, 1.54) is 148 Å². The van der Waals surface area contributed by atoms with Gasteiger partial charge in [0, 0.05) is 6.42 Å². The van der Waals surface area contributed by atoms with Gasteiger partial charge in [0.05, 0.1) is 34.0 Å². The van der Waals surface area contributed by atoms with Gasteiger partial charge in [-0.15, -0.1) is 0 Å². The summed E-state index contributed by atoms with van der Waals surface area (Å²) in [5, 5.41) is 0. The minimum absolute atomic E-state index is 0.0481. The maximum absolute atomic E-state index is 12.7. The molecule has 0 aromatic heterocycles. The zero-order valence-electron chi connectivity index (χ0n) is 36.9. The van der Waals surface area contributed by atoms with Crippen molar-refractivity contribution in [2.75, 3.05) is 47.5 Å². The molecule has 0 rings (SSSR count). The van der Waals surface area contributed by atoms with Gasteiger partial charge in [0.2, 0.25) is 0 Å². The van der Waals surface area contributed by atoms with E-state index in [4.69, 9.17) is 18.5 Å². The van der Waals surface area contributed by atoms with Gasteiger partial charge in [-0.05, 0) is 51.0 Å². The first-order valence-electron chi connectivity index (χ1n) is 23.1. The molecular formula is C46H91NO7P+. The van der Waals surface area contributed by atoms with Gasteiger partial charge in [-0.1, -0.05) is 174 Å². The Balaban J connectivity index is 4.24. The standard InChI is InChI=1S/C46H90NO7P/c1-6-8-10-12-14-16-18-20-22-23-24-26-28-30-32-34-36-38-41-51-43-45(44-53-55(49,50)52-42-40-47(3,4)5)54-46(48)39-37-35-33-31-29-27-25-21-19-17-15-13-11-9-7-2/h21,25,38,41,45H,6-20,22-24,26-37,39-40,42-44H2,1-5H3/p+1/b25-21+,41-38+/t45-/m1/s1. The van der Waals surface area contributed by atoms with Crippen molar-refractivity contribution in [3.8, 4) is 0 Å². The lowest BCUT2D eigenvalue weighted by Crippen LogP contribution is -2.37. The summed E-state index contributed by atoms with van der Waals surface area (Å²) in [6, 6.07) is 0. The van der Waals surface area contributed by atoms with E-state index in [2.05, 4.69) is 26.0 Å². The number of hydrogen-bond acceptors (Lipinski definition) is 6. The fourth-order valence-corrected chi connectivity index (χ4v) is 7.20. The summed E-state index contributed by atoms with van der Waals surface area (Å²) in [6.45, 7) is 4.94. The number of phosphoric acid groups is 1. The molecule has 0 fully saturated rings. The molecule has 9 heteroatoms. The monoisotopic (exact) mass is 801 g/mol. The largest absolute Gasteiger partial charge is 0.498 e. The van der Waals surface area contributed by atoms with Crippen LogP contribution in [0.25, 0.3) is 0 Å². The molecule has 0 aliphatic rings. The maximum Gasteiger partial charge on any atom is 0.472 e. The Bertz CT molecular complexity index is 936. The number of allylic oxidation sites excluding steroid dienone is 3. The number of carbonyl (C=O) groups excluding carboxylic acids is 1. The Morgan fingerprint density at radius 3 is 1.40 bits per heavy atom. The van der Waals surface area contributed by atoms with Crippen molar-refractivity contribution in [1.82, 2.24) is 0 Å². The molecule has 0 aromatic rings. The van der Waals surface area contributed by atoms with Gasteiger partial charge in [-0.3, -0.25) is 13.8 Å². The second kappa shape index (κ2) is 39.6. The molecule has 0 heterocycles. The summed E-state index contributed by atoms with van der Waals surface area (Å²) in [5.74, 6) is -0.342. The smallest absolute Gasteiger partial charge is 0.472 e. The number of hydrogen-bond donors (Lipinski definition) is 1. The Morgan fingerprint density at radius 1 is 0.564 bits per heavy atom. The highest BCUT2D eigenvalue weighted by atomic mass is 31.2. The third-order valence-corrected chi connectivity index (χ3v) is 11.1. The van der Waals surface area contributed by atoms with Crippen LogP contribution >= 0.6 is 7.82 Å². The molecule has 0 radical (unpaired) electrons. The van der Waals surface area contributed by atoms with Gasteiger partial charge < -0.3 is 18.9 Å². The number of quaternary nitrogens is 1. The number of unbranched alkanes of at least 4 members (excludes halogenated alkanes) is 27. The lowest BCUT2D eigenvalue weighted by Gasteiger charge is -2.24. The van der Waals surface area contributed by atoms with E-state index < -0.39 is 13.9 Å². The van der Waals surface area contributed by atoms with Crippen molar-refractivity contribution in [2.45, 2.75) is 219 Å². The van der Waals surface area contributed by atoms with Crippen LogP contribution in [0.4, 0.5) is 0 Å². The second-order valence-corrected chi connectivity index (χ2v) is 18.3. The molecule has 0 aliphatic heterocycles. The molecule has 0 aromatic carbocycles. The molecule has 0 aliphatic carbocycles. The van der Waals surface area contributed by atoms with Crippen LogP contribution in [0, 0.1) is 0 Å². The van der Waals surface area contributed by atoms with Crippen molar-refractivity contribution in [1.29, 1.82) is 0 Å². The van der Waals surface area contributed by atoms with Gasteiger partial charge in [-0.2, -0.15) is 0 Å². The zero-order chi connectivity index (χ0) is 40.6. The second-order valence-electron chi connectivity index (χ2n) is 16.9. The highest BCUT2D eigenvalue weighted by Crippen LogP contribution is 2.43. The third-order valence-electron chi connectivity index (χ3n) is 10.1. The van der Waals surface area contributed by atoms with Gasteiger partial charge in [-0.25, -0.2) is 4.57 Å².